The molecule has 1 amide bonds. The van der Waals surface area contributed by atoms with Crippen LogP contribution in [0.1, 0.15) is 41.3 Å². The van der Waals surface area contributed by atoms with E-state index in [0.29, 0.717) is 12.1 Å². The third-order valence-corrected chi connectivity index (χ3v) is 5.25. The Morgan fingerprint density at radius 1 is 1.11 bits per heavy atom. The van der Waals surface area contributed by atoms with E-state index in [1.807, 2.05) is 30.3 Å². The molecule has 1 atom stereocenters. The minimum atomic E-state index is -0.0641. The summed E-state index contributed by atoms with van der Waals surface area (Å²) in [5, 5.41) is 2.97. The maximum absolute atomic E-state index is 12.4. The van der Waals surface area contributed by atoms with Gasteiger partial charge in [0.15, 0.2) is 11.5 Å². The van der Waals surface area contributed by atoms with E-state index in [-0.39, 0.29) is 12.7 Å². The normalized spacial score (nSPS) is 19.1. The highest BCUT2D eigenvalue weighted by atomic mass is 16.7. The number of fused-ring (bicyclic) bond motifs is 1. The van der Waals surface area contributed by atoms with Crippen molar-refractivity contribution < 1.29 is 14.3 Å². The smallest absolute Gasteiger partial charge is 0.251 e. The highest BCUT2D eigenvalue weighted by Gasteiger charge is 2.17. The van der Waals surface area contributed by atoms with E-state index in [9.17, 15) is 4.79 Å². The molecule has 1 fully saturated rings. The lowest BCUT2D eigenvalue weighted by atomic mass is 9.99. The number of benzene rings is 2. The van der Waals surface area contributed by atoms with Crippen LogP contribution in [0.4, 0.5) is 0 Å². The first-order chi connectivity index (χ1) is 13.2. The van der Waals surface area contributed by atoms with Crippen molar-refractivity contribution >= 4 is 5.91 Å². The molecule has 5 nitrogen and oxygen atoms in total. The molecule has 4 rings (SSSR count). The molecular weight excluding hydrogens is 340 g/mol. The highest BCUT2D eigenvalue weighted by molar-refractivity contribution is 5.94. The van der Waals surface area contributed by atoms with Gasteiger partial charge in [-0.25, -0.2) is 0 Å². The Labute approximate surface area is 160 Å². The molecule has 2 aliphatic heterocycles. The van der Waals surface area contributed by atoms with Crippen molar-refractivity contribution in [2.45, 2.75) is 32.9 Å². The Balaban J connectivity index is 1.31. The molecule has 0 radical (unpaired) electrons. The summed E-state index contributed by atoms with van der Waals surface area (Å²) in [7, 11) is 0. The standard InChI is InChI=1S/C22H26N2O3/c1-16-3-2-10-24(13-16)14-17-4-7-19(8-5-17)22(25)23-12-18-6-9-20-21(11-18)27-15-26-20/h4-9,11,16H,2-3,10,12-15H2,1H3,(H,23,25)/t16-/m0/s1. The third kappa shape index (κ3) is 4.42. The fourth-order valence-electron chi connectivity index (χ4n) is 3.79. The molecule has 0 saturated carbocycles. The van der Waals surface area contributed by atoms with Gasteiger partial charge in [-0.2, -0.15) is 0 Å². The molecule has 2 aromatic carbocycles. The third-order valence-electron chi connectivity index (χ3n) is 5.25. The molecule has 27 heavy (non-hydrogen) atoms. The molecule has 0 unspecified atom stereocenters. The Hall–Kier alpha value is -2.53. The number of piperidine rings is 1. The fraction of sp³-hybridized carbons (Fsp3) is 0.409. The molecule has 2 aromatic rings. The summed E-state index contributed by atoms with van der Waals surface area (Å²) < 4.78 is 10.7. The van der Waals surface area contributed by atoms with Crippen LogP contribution < -0.4 is 14.8 Å². The summed E-state index contributed by atoms with van der Waals surface area (Å²) in [6.45, 7) is 6.33. The fourth-order valence-corrected chi connectivity index (χ4v) is 3.79. The minimum absolute atomic E-state index is 0.0641. The van der Waals surface area contributed by atoms with E-state index in [2.05, 4.69) is 29.3 Å². The van der Waals surface area contributed by atoms with Gasteiger partial charge in [0.2, 0.25) is 6.79 Å². The first kappa shape index (κ1) is 17.9. The number of hydrogen-bond acceptors (Lipinski definition) is 4. The van der Waals surface area contributed by atoms with E-state index in [1.165, 1.54) is 24.9 Å². The summed E-state index contributed by atoms with van der Waals surface area (Å²) in [4.78, 5) is 14.9. The molecular formula is C22H26N2O3. The van der Waals surface area contributed by atoms with Crippen LogP contribution in [0, 0.1) is 5.92 Å². The van der Waals surface area contributed by atoms with Crippen LogP contribution in [-0.4, -0.2) is 30.7 Å². The lowest BCUT2D eigenvalue weighted by molar-refractivity contribution is 0.0951. The zero-order valence-electron chi connectivity index (χ0n) is 15.7. The van der Waals surface area contributed by atoms with Crippen molar-refractivity contribution in [1.82, 2.24) is 10.2 Å². The molecule has 2 aliphatic rings. The summed E-state index contributed by atoms with van der Waals surface area (Å²) in [5.74, 6) is 2.20. The topological polar surface area (TPSA) is 50.8 Å². The summed E-state index contributed by atoms with van der Waals surface area (Å²) in [6, 6.07) is 13.7. The molecule has 0 aromatic heterocycles. The van der Waals surface area contributed by atoms with E-state index < -0.39 is 0 Å². The van der Waals surface area contributed by atoms with Crippen molar-refractivity contribution in [3.05, 3.63) is 59.2 Å². The molecule has 142 valence electrons. The van der Waals surface area contributed by atoms with Gasteiger partial charge in [0.1, 0.15) is 0 Å². The van der Waals surface area contributed by atoms with Gasteiger partial charge in [0, 0.05) is 25.2 Å². The average molecular weight is 366 g/mol. The summed E-state index contributed by atoms with van der Waals surface area (Å²) in [5.41, 5.74) is 2.94. The Bertz CT molecular complexity index is 804. The maximum atomic E-state index is 12.4. The maximum Gasteiger partial charge on any atom is 0.251 e. The van der Waals surface area contributed by atoms with Crippen molar-refractivity contribution in [3.63, 3.8) is 0 Å². The van der Waals surface area contributed by atoms with Crippen LogP contribution in [0.15, 0.2) is 42.5 Å². The van der Waals surface area contributed by atoms with Crippen molar-refractivity contribution in [2.75, 3.05) is 19.9 Å². The molecule has 1 N–H and O–H groups in total. The number of nitrogens with zero attached hydrogens (tertiary/aromatic N) is 1. The number of rotatable bonds is 5. The zero-order chi connectivity index (χ0) is 18.6. The monoisotopic (exact) mass is 366 g/mol. The number of nitrogens with one attached hydrogen (secondary N) is 1. The van der Waals surface area contributed by atoms with Crippen LogP contribution in [0.3, 0.4) is 0 Å². The summed E-state index contributed by atoms with van der Waals surface area (Å²) in [6.07, 6.45) is 2.61. The van der Waals surface area contributed by atoms with Crippen LogP contribution in [0.25, 0.3) is 0 Å². The number of ether oxygens (including phenoxy) is 2. The van der Waals surface area contributed by atoms with Crippen LogP contribution in [0.5, 0.6) is 11.5 Å². The average Bonchev–Trinajstić information content (AvgIpc) is 3.14. The second-order valence-corrected chi connectivity index (χ2v) is 7.55. The van der Waals surface area contributed by atoms with Crippen LogP contribution in [0.2, 0.25) is 0 Å². The van der Waals surface area contributed by atoms with Crippen LogP contribution in [-0.2, 0) is 13.1 Å². The molecule has 1 saturated heterocycles. The van der Waals surface area contributed by atoms with Crippen molar-refractivity contribution in [1.29, 1.82) is 0 Å². The SMILES string of the molecule is C[C@H]1CCCN(Cc2ccc(C(=O)NCc3ccc4c(c3)OCO4)cc2)C1. The molecule has 0 bridgehead atoms. The number of hydrogen-bond donors (Lipinski definition) is 1. The second-order valence-electron chi connectivity index (χ2n) is 7.55. The van der Waals surface area contributed by atoms with Gasteiger partial charge < -0.3 is 14.8 Å². The van der Waals surface area contributed by atoms with E-state index in [1.54, 1.807) is 0 Å². The highest BCUT2D eigenvalue weighted by Crippen LogP contribution is 2.32. The number of carbonyl (C=O) groups is 1. The van der Waals surface area contributed by atoms with Crippen molar-refractivity contribution in [3.8, 4) is 11.5 Å². The van der Waals surface area contributed by atoms with Gasteiger partial charge in [0.05, 0.1) is 0 Å². The molecule has 2 heterocycles. The predicted molar refractivity (Wildman–Crippen MR) is 104 cm³/mol. The van der Waals surface area contributed by atoms with Gasteiger partial charge in [-0.15, -0.1) is 0 Å². The lowest BCUT2D eigenvalue weighted by Crippen LogP contribution is -2.33. The van der Waals surface area contributed by atoms with E-state index in [0.717, 1.165) is 36.1 Å². The zero-order valence-corrected chi connectivity index (χ0v) is 15.7. The minimum Gasteiger partial charge on any atom is -0.454 e. The Kier molecular flexibility index (Phi) is 5.30. The number of amides is 1. The first-order valence-corrected chi connectivity index (χ1v) is 9.65. The first-order valence-electron chi connectivity index (χ1n) is 9.65. The molecule has 0 spiro atoms. The quantitative estimate of drug-likeness (QED) is 0.879. The van der Waals surface area contributed by atoms with Gasteiger partial charge in [-0.05, 0) is 60.7 Å². The van der Waals surface area contributed by atoms with E-state index >= 15 is 0 Å². The van der Waals surface area contributed by atoms with Crippen molar-refractivity contribution in [2.24, 2.45) is 5.92 Å². The molecule has 0 aliphatic carbocycles. The largest absolute Gasteiger partial charge is 0.454 e. The van der Waals surface area contributed by atoms with Gasteiger partial charge in [-0.1, -0.05) is 25.1 Å². The van der Waals surface area contributed by atoms with Gasteiger partial charge >= 0.3 is 0 Å². The van der Waals surface area contributed by atoms with Crippen LogP contribution >= 0.6 is 0 Å². The number of carbonyl (C=O) groups excluding carboxylic acids is 1. The predicted octanol–water partition coefficient (Wildman–Crippen LogP) is 3.58. The van der Waals surface area contributed by atoms with E-state index in [4.69, 9.17) is 9.47 Å². The summed E-state index contributed by atoms with van der Waals surface area (Å²) >= 11 is 0. The number of likely N-dealkylation sites (tertiary alicyclic amines) is 1. The Morgan fingerprint density at radius 3 is 2.70 bits per heavy atom. The van der Waals surface area contributed by atoms with Gasteiger partial charge in [0.25, 0.3) is 5.91 Å². The molecule has 5 heteroatoms. The lowest BCUT2D eigenvalue weighted by Gasteiger charge is -2.30. The Morgan fingerprint density at radius 2 is 1.89 bits per heavy atom. The van der Waals surface area contributed by atoms with Gasteiger partial charge in [-0.3, -0.25) is 9.69 Å². The second kappa shape index (κ2) is 8.01.